The number of carbonyl (C=O) groups excluding carboxylic acids is 2. The van der Waals surface area contributed by atoms with Crippen molar-refractivity contribution >= 4 is 29.2 Å². The molecule has 2 fully saturated rings. The van der Waals surface area contributed by atoms with Crippen LogP contribution in [0.5, 0.6) is 5.75 Å². The molecule has 2 aliphatic rings. The maximum atomic E-state index is 13.3. The number of hydrogen-bond donors (Lipinski definition) is 0. The highest BCUT2D eigenvalue weighted by molar-refractivity contribution is 6.33. The molecule has 0 unspecified atom stereocenters. The molecule has 12 heteroatoms. The summed E-state index contributed by atoms with van der Waals surface area (Å²) >= 11 is 6.00. The van der Waals surface area contributed by atoms with E-state index >= 15 is 0 Å². The molecule has 0 spiro atoms. The third-order valence-electron chi connectivity index (χ3n) is 5.50. The Labute approximate surface area is 186 Å². The van der Waals surface area contributed by atoms with Gasteiger partial charge in [0.2, 0.25) is 0 Å². The van der Waals surface area contributed by atoms with Gasteiger partial charge < -0.3 is 4.74 Å². The van der Waals surface area contributed by atoms with E-state index in [9.17, 15) is 22.8 Å². The number of aromatic nitrogens is 1. The number of ether oxygens (including phenoxy) is 1. The van der Waals surface area contributed by atoms with Crippen LogP contribution < -0.4 is 9.75 Å². The fourth-order valence-electron chi connectivity index (χ4n) is 3.97. The molecule has 0 radical (unpaired) electrons. The normalized spacial score (nSPS) is 23.6. The van der Waals surface area contributed by atoms with Crippen molar-refractivity contribution in [2.75, 3.05) is 26.2 Å². The Bertz CT molecular complexity index is 1070. The average Bonchev–Trinajstić information content (AvgIpc) is 3.20. The van der Waals surface area contributed by atoms with Crippen LogP contribution in [0.4, 0.5) is 19.0 Å². The molecule has 0 aliphatic carbocycles. The fraction of sp³-hybridized carbons (Fsp3) is 0.350. The van der Waals surface area contributed by atoms with E-state index < -0.39 is 41.6 Å². The standard InChI is InChI=1S/C20H18ClF3N4O4/c1-26(17-13(21)8-11(9-25-17)20(22,23)24)28-18(29)14-15(27(2)32-16(14)19(28)30)10-4-6-12(31-3)7-5-10/h4-9,14-16H,1-3H3/t14-,15+,16-/m0/s1. The zero-order valence-electron chi connectivity index (χ0n) is 17.1. The number of imide groups is 1. The summed E-state index contributed by atoms with van der Waals surface area (Å²) in [4.78, 5) is 35.7. The molecule has 2 amide bonds. The van der Waals surface area contributed by atoms with Crippen LogP contribution in [-0.2, 0) is 20.6 Å². The molecule has 170 valence electrons. The minimum Gasteiger partial charge on any atom is -0.497 e. The molecule has 2 saturated heterocycles. The molecule has 2 aliphatic heterocycles. The van der Waals surface area contributed by atoms with Gasteiger partial charge >= 0.3 is 6.18 Å². The molecule has 0 saturated carbocycles. The van der Waals surface area contributed by atoms with Gasteiger partial charge in [-0.3, -0.25) is 19.4 Å². The summed E-state index contributed by atoms with van der Waals surface area (Å²) in [6, 6.07) is 7.13. The molecule has 3 atom stereocenters. The van der Waals surface area contributed by atoms with Crippen molar-refractivity contribution < 1.29 is 32.3 Å². The Hall–Kier alpha value is -2.89. The highest BCUT2D eigenvalue weighted by Crippen LogP contribution is 2.45. The number of halogens is 4. The third-order valence-corrected chi connectivity index (χ3v) is 5.78. The Balaban J connectivity index is 1.64. The van der Waals surface area contributed by atoms with Crippen LogP contribution in [0.15, 0.2) is 36.5 Å². The number of methoxy groups -OCH3 is 1. The van der Waals surface area contributed by atoms with E-state index in [0.29, 0.717) is 18.0 Å². The molecule has 1 aromatic carbocycles. The summed E-state index contributed by atoms with van der Waals surface area (Å²) in [6.07, 6.45) is -5.13. The van der Waals surface area contributed by atoms with Crippen LogP contribution in [0.2, 0.25) is 5.02 Å². The van der Waals surface area contributed by atoms with Crippen molar-refractivity contribution in [1.29, 1.82) is 0 Å². The number of amides is 2. The van der Waals surface area contributed by atoms with E-state index in [2.05, 4.69) is 4.98 Å². The predicted molar refractivity (Wildman–Crippen MR) is 106 cm³/mol. The number of nitrogens with zero attached hydrogens (tertiary/aromatic N) is 4. The zero-order valence-corrected chi connectivity index (χ0v) is 17.9. The SMILES string of the molecule is COc1ccc([C@@H]2[C@@H]3C(=O)N(N(C)c4ncc(C(F)(F)F)cc4Cl)C(=O)[C@H]3ON2C)cc1. The molecule has 0 N–H and O–H groups in total. The molecule has 2 aromatic rings. The third kappa shape index (κ3) is 3.55. The lowest BCUT2D eigenvalue weighted by atomic mass is 9.91. The van der Waals surface area contributed by atoms with E-state index in [0.717, 1.165) is 15.6 Å². The highest BCUT2D eigenvalue weighted by atomic mass is 35.5. The van der Waals surface area contributed by atoms with E-state index in [1.807, 2.05) is 0 Å². The summed E-state index contributed by atoms with van der Waals surface area (Å²) in [6.45, 7) is 0. The first-order valence-electron chi connectivity index (χ1n) is 9.42. The molecule has 1 aromatic heterocycles. The highest BCUT2D eigenvalue weighted by Gasteiger charge is 2.60. The van der Waals surface area contributed by atoms with Gasteiger partial charge in [-0.2, -0.15) is 23.2 Å². The molecule has 32 heavy (non-hydrogen) atoms. The van der Waals surface area contributed by atoms with E-state index in [-0.39, 0.29) is 10.8 Å². The molecular formula is C20H18ClF3N4O4. The first kappa shape index (κ1) is 22.3. The number of alkyl halides is 3. The number of hydrazine groups is 1. The van der Waals surface area contributed by atoms with Crippen molar-refractivity contribution in [3.05, 3.63) is 52.7 Å². The number of fused-ring (bicyclic) bond motifs is 1. The molecule has 3 heterocycles. The van der Waals surface area contributed by atoms with E-state index in [4.69, 9.17) is 21.2 Å². The summed E-state index contributed by atoms with van der Waals surface area (Å²) in [7, 11) is 4.48. The maximum Gasteiger partial charge on any atom is 0.417 e. The van der Waals surface area contributed by atoms with Gasteiger partial charge in [0, 0.05) is 20.3 Å². The van der Waals surface area contributed by atoms with Gasteiger partial charge in [-0.1, -0.05) is 23.7 Å². The number of benzene rings is 1. The van der Waals surface area contributed by atoms with Crippen molar-refractivity contribution in [1.82, 2.24) is 15.1 Å². The summed E-state index contributed by atoms with van der Waals surface area (Å²) in [5.74, 6) is -1.65. The quantitative estimate of drug-likeness (QED) is 0.636. The van der Waals surface area contributed by atoms with Crippen molar-refractivity contribution in [3.8, 4) is 5.75 Å². The zero-order chi connectivity index (χ0) is 23.4. The number of pyridine rings is 1. The Morgan fingerprint density at radius 1 is 1.19 bits per heavy atom. The average molecular weight is 471 g/mol. The lowest BCUT2D eigenvalue weighted by molar-refractivity contribution is -0.170. The van der Waals surface area contributed by atoms with Crippen molar-refractivity contribution in [3.63, 3.8) is 0 Å². The number of hydroxylamine groups is 2. The largest absolute Gasteiger partial charge is 0.497 e. The second-order valence-electron chi connectivity index (χ2n) is 7.36. The topological polar surface area (TPSA) is 75.2 Å². The lowest BCUT2D eigenvalue weighted by Gasteiger charge is -2.30. The first-order valence-corrected chi connectivity index (χ1v) is 9.80. The molecule has 8 nitrogen and oxygen atoms in total. The number of hydrogen-bond acceptors (Lipinski definition) is 7. The van der Waals surface area contributed by atoms with E-state index in [1.165, 1.54) is 19.2 Å². The number of carbonyl (C=O) groups is 2. The molecular weight excluding hydrogens is 453 g/mol. The van der Waals surface area contributed by atoms with Gasteiger partial charge in [-0.05, 0) is 23.8 Å². The smallest absolute Gasteiger partial charge is 0.417 e. The Morgan fingerprint density at radius 3 is 2.41 bits per heavy atom. The van der Waals surface area contributed by atoms with E-state index in [1.54, 1.807) is 31.3 Å². The maximum absolute atomic E-state index is 13.3. The predicted octanol–water partition coefficient (Wildman–Crippen LogP) is 3.09. The lowest BCUT2D eigenvalue weighted by Crippen LogP contribution is -2.47. The van der Waals surface area contributed by atoms with Crippen LogP contribution in [-0.4, -0.2) is 54.2 Å². The van der Waals surface area contributed by atoms with Gasteiger partial charge in [0.1, 0.15) is 5.75 Å². The minimum absolute atomic E-state index is 0.171. The van der Waals surface area contributed by atoms with Crippen LogP contribution in [0.3, 0.4) is 0 Å². The van der Waals surface area contributed by atoms with Crippen LogP contribution in [0.25, 0.3) is 0 Å². The van der Waals surface area contributed by atoms with Crippen LogP contribution >= 0.6 is 11.6 Å². The van der Waals surface area contributed by atoms with Crippen molar-refractivity contribution in [2.24, 2.45) is 5.92 Å². The minimum atomic E-state index is -4.63. The van der Waals surface area contributed by atoms with Gasteiger partial charge in [0.15, 0.2) is 11.9 Å². The number of rotatable bonds is 4. The summed E-state index contributed by atoms with van der Waals surface area (Å²) < 4.78 is 43.9. The second-order valence-corrected chi connectivity index (χ2v) is 7.76. The Morgan fingerprint density at radius 2 is 1.84 bits per heavy atom. The number of anilines is 1. The Kier molecular flexibility index (Phi) is 5.51. The van der Waals surface area contributed by atoms with Gasteiger partial charge in [0.05, 0.1) is 29.7 Å². The van der Waals surface area contributed by atoms with Crippen LogP contribution in [0.1, 0.15) is 17.2 Å². The fourth-order valence-corrected chi connectivity index (χ4v) is 4.26. The molecule has 4 rings (SSSR count). The second kappa shape index (κ2) is 7.91. The monoisotopic (exact) mass is 470 g/mol. The van der Waals surface area contributed by atoms with Gasteiger partial charge in [-0.15, -0.1) is 0 Å². The van der Waals surface area contributed by atoms with Gasteiger partial charge in [0.25, 0.3) is 11.8 Å². The summed E-state index contributed by atoms with van der Waals surface area (Å²) in [5.41, 5.74) is -0.308. The van der Waals surface area contributed by atoms with Crippen molar-refractivity contribution in [2.45, 2.75) is 18.3 Å². The van der Waals surface area contributed by atoms with Crippen LogP contribution in [0, 0.1) is 5.92 Å². The summed E-state index contributed by atoms with van der Waals surface area (Å²) in [5, 5.41) is 2.94. The first-order chi connectivity index (χ1) is 15.0. The van der Waals surface area contributed by atoms with Gasteiger partial charge in [-0.25, -0.2) is 4.98 Å². The molecule has 0 bridgehead atoms.